The van der Waals surface area contributed by atoms with Gasteiger partial charge < -0.3 is 5.32 Å². The molecule has 1 fully saturated rings. The van der Waals surface area contributed by atoms with Crippen molar-refractivity contribution in [1.29, 1.82) is 0 Å². The van der Waals surface area contributed by atoms with E-state index >= 15 is 0 Å². The van der Waals surface area contributed by atoms with Crippen molar-refractivity contribution in [3.05, 3.63) is 23.8 Å². The van der Waals surface area contributed by atoms with Gasteiger partial charge in [-0.3, -0.25) is 0 Å². The van der Waals surface area contributed by atoms with Gasteiger partial charge in [0.25, 0.3) is 0 Å². The molecule has 1 heteroatoms. The van der Waals surface area contributed by atoms with Crippen LogP contribution in [0.2, 0.25) is 0 Å². The van der Waals surface area contributed by atoms with Crippen LogP contribution >= 0.6 is 0 Å². The van der Waals surface area contributed by atoms with E-state index in [4.69, 9.17) is 0 Å². The number of hydrogen-bond acceptors (Lipinski definition) is 1. The molecule has 0 atom stereocenters. The van der Waals surface area contributed by atoms with E-state index < -0.39 is 0 Å². The summed E-state index contributed by atoms with van der Waals surface area (Å²) in [5, 5.41) is 3.41. The van der Waals surface area contributed by atoms with Gasteiger partial charge in [-0.25, -0.2) is 0 Å². The highest BCUT2D eigenvalue weighted by Gasteiger charge is 2.27. The lowest BCUT2D eigenvalue weighted by Crippen LogP contribution is -2.35. The minimum Gasteiger partial charge on any atom is -0.317 e. The second-order valence-corrected chi connectivity index (χ2v) is 4.19. The average Bonchev–Trinajstić information content (AvgIpc) is 2.15. The zero-order valence-electron chi connectivity index (χ0n) is 9.06. The molecule has 0 aliphatic carbocycles. The van der Waals surface area contributed by atoms with Gasteiger partial charge >= 0.3 is 0 Å². The van der Waals surface area contributed by atoms with Crippen LogP contribution in [0.15, 0.2) is 23.8 Å². The minimum absolute atomic E-state index is 0.435. The van der Waals surface area contributed by atoms with E-state index in [1.165, 1.54) is 18.4 Å². The summed E-state index contributed by atoms with van der Waals surface area (Å²) in [5.41, 5.74) is 1.96. The van der Waals surface area contributed by atoms with Crippen LogP contribution < -0.4 is 5.32 Å². The second kappa shape index (κ2) is 4.61. The maximum absolute atomic E-state index is 3.41. The summed E-state index contributed by atoms with van der Waals surface area (Å²) in [4.78, 5) is 0. The first-order chi connectivity index (χ1) is 6.19. The summed E-state index contributed by atoms with van der Waals surface area (Å²) in [5.74, 6) is 0. The van der Waals surface area contributed by atoms with Crippen LogP contribution in [-0.2, 0) is 0 Å². The highest BCUT2D eigenvalue weighted by molar-refractivity contribution is 5.18. The molecule has 0 bridgehead atoms. The maximum Gasteiger partial charge on any atom is -0.00406 e. The number of piperidine rings is 1. The van der Waals surface area contributed by atoms with Crippen LogP contribution in [0.3, 0.4) is 0 Å². The summed E-state index contributed by atoms with van der Waals surface area (Å²) in [6, 6.07) is 0. The van der Waals surface area contributed by atoms with Gasteiger partial charge in [0.2, 0.25) is 0 Å². The molecule has 1 aliphatic rings. The molecule has 1 N–H and O–H groups in total. The lowest BCUT2D eigenvalue weighted by molar-refractivity contribution is 0.282. The molecule has 0 spiro atoms. The smallest absolute Gasteiger partial charge is 0.00406 e. The van der Waals surface area contributed by atoms with Crippen molar-refractivity contribution < 1.29 is 0 Å². The molecule has 1 rings (SSSR count). The molecule has 0 unspecified atom stereocenters. The molecule has 1 saturated heterocycles. The van der Waals surface area contributed by atoms with Crippen molar-refractivity contribution in [1.82, 2.24) is 5.32 Å². The van der Waals surface area contributed by atoms with Crippen LogP contribution in [0.25, 0.3) is 0 Å². The monoisotopic (exact) mass is 179 g/mol. The predicted molar refractivity (Wildman–Crippen MR) is 58.8 cm³/mol. The number of allylic oxidation sites excluding steroid dienone is 4. The van der Waals surface area contributed by atoms with E-state index in [0.29, 0.717) is 5.41 Å². The Hall–Kier alpha value is -0.560. The summed E-state index contributed by atoms with van der Waals surface area (Å²) in [6.07, 6.45) is 9.03. The van der Waals surface area contributed by atoms with Crippen LogP contribution in [0.1, 0.15) is 33.6 Å². The summed E-state index contributed by atoms with van der Waals surface area (Å²) in [6.45, 7) is 9.03. The Labute approximate surface area is 81.9 Å². The molecule has 0 aromatic heterocycles. The molecule has 13 heavy (non-hydrogen) atoms. The van der Waals surface area contributed by atoms with Gasteiger partial charge in [0.05, 0.1) is 0 Å². The third-order valence-electron chi connectivity index (χ3n) is 3.20. The fourth-order valence-corrected chi connectivity index (χ4v) is 1.81. The lowest BCUT2D eigenvalue weighted by Gasteiger charge is -2.35. The molecule has 74 valence electrons. The Morgan fingerprint density at radius 2 is 1.92 bits per heavy atom. The molecule has 1 aliphatic heterocycles. The predicted octanol–water partition coefficient (Wildman–Crippen LogP) is 2.90. The summed E-state index contributed by atoms with van der Waals surface area (Å²) >= 11 is 0. The number of hydrogen-bond donors (Lipinski definition) is 1. The lowest BCUT2D eigenvalue weighted by atomic mass is 9.75. The molecule has 0 radical (unpaired) electrons. The third-order valence-corrected chi connectivity index (χ3v) is 3.20. The van der Waals surface area contributed by atoms with Gasteiger partial charge in [-0.15, -0.1) is 0 Å². The van der Waals surface area contributed by atoms with Crippen molar-refractivity contribution in [2.75, 3.05) is 13.1 Å². The normalized spacial score (nSPS) is 23.8. The molecule has 1 nitrogen and oxygen atoms in total. The molecular weight excluding hydrogens is 158 g/mol. The zero-order valence-corrected chi connectivity index (χ0v) is 9.06. The minimum atomic E-state index is 0.435. The number of nitrogens with one attached hydrogen (secondary N) is 1. The topological polar surface area (TPSA) is 12.0 Å². The highest BCUT2D eigenvalue weighted by Crippen LogP contribution is 2.35. The molecular formula is C12H21N. The van der Waals surface area contributed by atoms with E-state index in [1.807, 2.05) is 0 Å². The van der Waals surface area contributed by atoms with Crippen LogP contribution in [0.5, 0.6) is 0 Å². The van der Waals surface area contributed by atoms with Gasteiger partial charge in [-0.2, -0.15) is 0 Å². The van der Waals surface area contributed by atoms with Crippen LogP contribution in [0.4, 0.5) is 0 Å². The fraction of sp³-hybridized carbons (Fsp3) is 0.667. The van der Waals surface area contributed by atoms with E-state index in [9.17, 15) is 0 Å². The second-order valence-electron chi connectivity index (χ2n) is 4.19. The van der Waals surface area contributed by atoms with Gasteiger partial charge in [-0.05, 0) is 45.2 Å². The van der Waals surface area contributed by atoms with Crippen molar-refractivity contribution in [2.45, 2.75) is 33.6 Å². The Morgan fingerprint density at radius 3 is 2.46 bits per heavy atom. The van der Waals surface area contributed by atoms with Crippen LogP contribution in [0, 0.1) is 5.41 Å². The SMILES string of the molecule is CC=CC=C(C)C1(C)CCNCC1. The molecule has 0 aromatic rings. The van der Waals surface area contributed by atoms with E-state index in [-0.39, 0.29) is 0 Å². The first-order valence-corrected chi connectivity index (χ1v) is 5.20. The zero-order chi connectivity index (χ0) is 9.73. The largest absolute Gasteiger partial charge is 0.317 e. The van der Waals surface area contributed by atoms with Gasteiger partial charge in [0, 0.05) is 0 Å². The van der Waals surface area contributed by atoms with E-state index in [2.05, 4.69) is 44.3 Å². The molecule has 1 heterocycles. The first kappa shape index (κ1) is 10.5. The summed E-state index contributed by atoms with van der Waals surface area (Å²) < 4.78 is 0. The van der Waals surface area contributed by atoms with Crippen molar-refractivity contribution in [3.8, 4) is 0 Å². The van der Waals surface area contributed by atoms with Crippen molar-refractivity contribution in [2.24, 2.45) is 5.41 Å². The Balaban J connectivity index is 2.66. The Bertz CT molecular complexity index is 207. The van der Waals surface area contributed by atoms with Crippen molar-refractivity contribution >= 4 is 0 Å². The fourth-order valence-electron chi connectivity index (χ4n) is 1.81. The Kier molecular flexibility index (Phi) is 3.73. The Morgan fingerprint density at radius 1 is 1.31 bits per heavy atom. The summed E-state index contributed by atoms with van der Waals surface area (Å²) in [7, 11) is 0. The highest BCUT2D eigenvalue weighted by atomic mass is 14.9. The molecule has 0 aromatic carbocycles. The molecule has 0 amide bonds. The van der Waals surface area contributed by atoms with Gasteiger partial charge in [0.1, 0.15) is 0 Å². The van der Waals surface area contributed by atoms with Gasteiger partial charge in [0.15, 0.2) is 0 Å². The third kappa shape index (κ3) is 2.70. The van der Waals surface area contributed by atoms with E-state index in [1.54, 1.807) is 0 Å². The quantitative estimate of drug-likeness (QED) is 0.643. The van der Waals surface area contributed by atoms with Gasteiger partial charge in [-0.1, -0.05) is 30.7 Å². The first-order valence-electron chi connectivity index (χ1n) is 5.20. The van der Waals surface area contributed by atoms with Crippen molar-refractivity contribution in [3.63, 3.8) is 0 Å². The molecule has 0 saturated carbocycles. The standard InChI is InChI=1S/C12H21N/c1-4-5-6-11(2)12(3)7-9-13-10-8-12/h4-6,13H,7-10H2,1-3H3. The maximum atomic E-state index is 3.41. The van der Waals surface area contributed by atoms with Crippen LogP contribution in [-0.4, -0.2) is 13.1 Å². The van der Waals surface area contributed by atoms with E-state index in [0.717, 1.165) is 13.1 Å². The number of rotatable bonds is 2. The average molecular weight is 179 g/mol.